The first-order valence-electron chi connectivity index (χ1n) is 9.63. The average Bonchev–Trinajstić information content (AvgIpc) is 2.70. The molecular formula is C19H22F3NO10S. The van der Waals surface area contributed by atoms with Gasteiger partial charge < -0.3 is 24.6 Å². The van der Waals surface area contributed by atoms with Crippen LogP contribution in [0.5, 0.6) is 0 Å². The van der Waals surface area contributed by atoms with E-state index in [1.165, 1.54) is 29.6 Å². The Bertz CT molecular complexity index is 1010. The van der Waals surface area contributed by atoms with Crippen molar-refractivity contribution in [3.8, 4) is 0 Å². The highest BCUT2D eigenvalue weighted by Crippen LogP contribution is 2.28. The number of hydrogen-bond donors (Lipinski definition) is 2. The van der Waals surface area contributed by atoms with Gasteiger partial charge in [0.25, 0.3) is 10.1 Å². The molecule has 0 aliphatic carbocycles. The third kappa shape index (κ3) is 7.12. The lowest BCUT2D eigenvalue weighted by atomic mass is 9.96. The first-order valence-corrected chi connectivity index (χ1v) is 11.0. The molecule has 1 saturated heterocycles. The Hall–Kier alpha value is -2.75. The standard InChI is InChI=1S/C19H22F3NO10S/c1-9-4-6-12(7-5-9)34(28,29)30-8-13-15(31-10(2)24)16(32-11(3)25)14(17(26)33-13)23-18(27)19(20,21)22/h4-7,13-17,26H,8H2,1-3H3,(H,23,27)/t13-,14-,15-,16-,17-/m1/s1. The van der Waals surface area contributed by atoms with E-state index in [4.69, 9.17) is 18.4 Å². The predicted molar refractivity (Wildman–Crippen MR) is 104 cm³/mol. The van der Waals surface area contributed by atoms with Gasteiger partial charge in [-0.1, -0.05) is 17.7 Å². The summed E-state index contributed by atoms with van der Waals surface area (Å²) >= 11 is 0. The SMILES string of the molecule is CC(=O)O[C@@H]1[C@@H](NC(=O)C(F)(F)F)[C@H](O)O[C@H](COS(=O)(=O)c2ccc(C)cc2)[C@H]1OC(C)=O. The van der Waals surface area contributed by atoms with E-state index in [1.807, 2.05) is 0 Å². The van der Waals surface area contributed by atoms with Crippen molar-refractivity contribution in [2.45, 2.75) is 62.5 Å². The van der Waals surface area contributed by atoms with E-state index >= 15 is 0 Å². The van der Waals surface area contributed by atoms with Crippen molar-refractivity contribution in [1.82, 2.24) is 5.32 Å². The summed E-state index contributed by atoms with van der Waals surface area (Å²) in [4.78, 5) is 34.3. The molecule has 0 radical (unpaired) electrons. The van der Waals surface area contributed by atoms with Gasteiger partial charge in [0.2, 0.25) is 0 Å². The number of alkyl halides is 3. The maximum absolute atomic E-state index is 12.7. The lowest BCUT2D eigenvalue weighted by molar-refractivity contribution is -0.263. The quantitative estimate of drug-likeness (QED) is 0.385. The zero-order valence-electron chi connectivity index (χ0n) is 18.1. The van der Waals surface area contributed by atoms with Gasteiger partial charge >= 0.3 is 24.0 Å². The van der Waals surface area contributed by atoms with E-state index in [0.29, 0.717) is 0 Å². The molecule has 0 unspecified atom stereocenters. The minimum Gasteiger partial charge on any atom is -0.456 e. The molecule has 1 aromatic rings. The molecule has 1 aromatic carbocycles. The number of benzene rings is 1. The number of aryl methyl sites for hydroxylation is 1. The second-order valence-electron chi connectivity index (χ2n) is 7.26. The van der Waals surface area contributed by atoms with Gasteiger partial charge in [-0.2, -0.15) is 21.6 Å². The molecule has 2 rings (SSSR count). The maximum Gasteiger partial charge on any atom is 0.471 e. The summed E-state index contributed by atoms with van der Waals surface area (Å²) in [7, 11) is -4.37. The Labute approximate surface area is 192 Å². The first kappa shape index (κ1) is 27.5. The van der Waals surface area contributed by atoms with Gasteiger partial charge in [-0.15, -0.1) is 0 Å². The molecule has 11 nitrogen and oxygen atoms in total. The summed E-state index contributed by atoms with van der Waals surface area (Å²) in [5.74, 6) is -4.56. The number of aliphatic hydroxyl groups excluding tert-OH is 1. The molecule has 5 atom stereocenters. The summed E-state index contributed by atoms with van der Waals surface area (Å²) in [6, 6.07) is 3.50. The summed E-state index contributed by atoms with van der Waals surface area (Å²) in [6.07, 6.45) is -12.8. The van der Waals surface area contributed by atoms with Crippen LogP contribution in [0, 0.1) is 6.92 Å². The topological polar surface area (TPSA) is 155 Å². The minimum absolute atomic E-state index is 0.231. The highest BCUT2D eigenvalue weighted by atomic mass is 32.2. The minimum atomic E-state index is -5.36. The summed E-state index contributed by atoms with van der Waals surface area (Å²) < 4.78 is 83.0. The predicted octanol–water partition coefficient (Wildman–Crippen LogP) is 0.328. The number of rotatable bonds is 7. The van der Waals surface area contributed by atoms with Crippen LogP contribution in [0.15, 0.2) is 29.2 Å². The van der Waals surface area contributed by atoms with Gasteiger partial charge in [-0.25, -0.2) is 0 Å². The molecule has 0 bridgehead atoms. The van der Waals surface area contributed by atoms with Crippen molar-refractivity contribution in [2.75, 3.05) is 6.61 Å². The average molecular weight is 513 g/mol. The zero-order chi connectivity index (χ0) is 25.8. The van der Waals surface area contributed by atoms with Crippen molar-refractivity contribution in [1.29, 1.82) is 0 Å². The molecule has 34 heavy (non-hydrogen) atoms. The van der Waals surface area contributed by atoms with E-state index in [-0.39, 0.29) is 4.90 Å². The van der Waals surface area contributed by atoms with Crippen LogP contribution in [0.3, 0.4) is 0 Å². The Morgan fingerprint density at radius 2 is 1.59 bits per heavy atom. The second-order valence-corrected chi connectivity index (χ2v) is 8.88. The van der Waals surface area contributed by atoms with Crippen molar-refractivity contribution < 1.29 is 59.5 Å². The molecule has 1 fully saturated rings. The molecular weight excluding hydrogens is 491 g/mol. The monoisotopic (exact) mass is 513 g/mol. The van der Waals surface area contributed by atoms with Gasteiger partial charge in [0.1, 0.15) is 12.1 Å². The Balaban J connectivity index is 2.32. The normalized spacial score (nSPS) is 25.3. The molecule has 190 valence electrons. The largest absolute Gasteiger partial charge is 0.471 e. The van der Waals surface area contributed by atoms with Crippen LogP contribution in [-0.4, -0.2) is 74.8 Å². The lowest BCUT2D eigenvalue weighted by Gasteiger charge is -2.43. The number of nitrogens with one attached hydrogen (secondary N) is 1. The number of amides is 1. The van der Waals surface area contributed by atoms with Crippen molar-refractivity contribution in [3.05, 3.63) is 29.8 Å². The van der Waals surface area contributed by atoms with E-state index in [1.54, 1.807) is 6.92 Å². The summed E-state index contributed by atoms with van der Waals surface area (Å²) in [5, 5.41) is 11.6. The molecule has 1 aliphatic rings. The maximum atomic E-state index is 12.7. The summed E-state index contributed by atoms with van der Waals surface area (Å²) in [5.41, 5.74) is 0.767. The molecule has 0 spiro atoms. The van der Waals surface area contributed by atoms with Crippen LogP contribution in [-0.2, 0) is 42.9 Å². The van der Waals surface area contributed by atoms with Crippen molar-refractivity contribution in [3.63, 3.8) is 0 Å². The Kier molecular flexibility index (Phi) is 8.63. The smallest absolute Gasteiger partial charge is 0.456 e. The number of halogens is 3. The molecule has 1 amide bonds. The third-order valence-corrected chi connectivity index (χ3v) is 5.82. The van der Waals surface area contributed by atoms with Crippen LogP contribution in [0.25, 0.3) is 0 Å². The third-order valence-electron chi connectivity index (χ3n) is 4.52. The molecule has 1 heterocycles. The van der Waals surface area contributed by atoms with Crippen LogP contribution in [0.4, 0.5) is 13.2 Å². The van der Waals surface area contributed by atoms with E-state index in [9.17, 15) is 41.1 Å². The van der Waals surface area contributed by atoms with Crippen molar-refractivity contribution in [2.24, 2.45) is 0 Å². The fourth-order valence-corrected chi connectivity index (χ4v) is 3.96. The zero-order valence-corrected chi connectivity index (χ0v) is 18.9. The number of aliphatic hydroxyl groups is 1. The number of esters is 2. The molecule has 0 saturated carbocycles. The van der Waals surface area contributed by atoms with Gasteiger partial charge in [0.05, 0.1) is 11.5 Å². The van der Waals surface area contributed by atoms with Gasteiger partial charge in [0, 0.05) is 13.8 Å². The van der Waals surface area contributed by atoms with E-state index in [0.717, 1.165) is 19.4 Å². The van der Waals surface area contributed by atoms with Crippen LogP contribution >= 0.6 is 0 Å². The lowest BCUT2D eigenvalue weighted by Crippen LogP contribution is -2.67. The van der Waals surface area contributed by atoms with E-state index in [2.05, 4.69) is 0 Å². The van der Waals surface area contributed by atoms with Crippen LogP contribution in [0.2, 0.25) is 0 Å². The van der Waals surface area contributed by atoms with Crippen LogP contribution in [0.1, 0.15) is 19.4 Å². The molecule has 15 heteroatoms. The number of carbonyl (C=O) groups excluding carboxylic acids is 3. The van der Waals surface area contributed by atoms with Crippen molar-refractivity contribution >= 4 is 28.0 Å². The number of carbonyl (C=O) groups is 3. The molecule has 1 aliphatic heterocycles. The molecule has 2 N–H and O–H groups in total. The van der Waals surface area contributed by atoms with Crippen LogP contribution < -0.4 is 5.32 Å². The van der Waals surface area contributed by atoms with Gasteiger partial charge in [0.15, 0.2) is 18.5 Å². The number of ether oxygens (including phenoxy) is 3. The van der Waals surface area contributed by atoms with Gasteiger partial charge in [-0.3, -0.25) is 18.6 Å². The first-order chi connectivity index (χ1) is 15.6. The number of hydrogen-bond acceptors (Lipinski definition) is 10. The highest BCUT2D eigenvalue weighted by molar-refractivity contribution is 7.86. The fourth-order valence-electron chi connectivity index (χ4n) is 3.04. The fraction of sp³-hybridized carbons (Fsp3) is 0.526. The Morgan fingerprint density at radius 1 is 1.06 bits per heavy atom. The molecule has 0 aromatic heterocycles. The van der Waals surface area contributed by atoms with Gasteiger partial charge in [-0.05, 0) is 19.1 Å². The summed E-state index contributed by atoms with van der Waals surface area (Å²) in [6.45, 7) is 2.63. The highest BCUT2D eigenvalue weighted by Gasteiger charge is 2.52. The second kappa shape index (κ2) is 10.7. The van der Waals surface area contributed by atoms with E-state index < -0.39 is 71.4 Å². The Morgan fingerprint density at radius 3 is 2.09 bits per heavy atom.